The van der Waals surface area contributed by atoms with Gasteiger partial charge in [0.15, 0.2) is 6.61 Å². The molecule has 0 spiro atoms. The first-order valence-corrected chi connectivity index (χ1v) is 7.67. The molecule has 0 aliphatic carbocycles. The minimum atomic E-state index is -0.500. The number of aromatic hydroxyl groups is 1. The van der Waals surface area contributed by atoms with Crippen molar-refractivity contribution in [3.8, 4) is 5.75 Å². The van der Waals surface area contributed by atoms with Gasteiger partial charge in [0.25, 0.3) is 5.91 Å². The Morgan fingerprint density at radius 1 is 1.30 bits per heavy atom. The summed E-state index contributed by atoms with van der Waals surface area (Å²) in [7, 11) is 0. The van der Waals surface area contributed by atoms with Crippen LogP contribution in [0.2, 0.25) is 0 Å². The van der Waals surface area contributed by atoms with Gasteiger partial charge >= 0.3 is 5.97 Å². The SMILES string of the molecule is CCC(CC)NC(=O)COC(=O)Cc1coc2cc(O)ccc12. The Morgan fingerprint density at radius 3 is 2.74 bits per heavy atom. The zero-order valence-electron chi connectivity index (χ0n) is 13.3. The number of esters is 1. The van der Waals surface area contributed by atoms with E-state index in [2.05, 4.69) is 5.32 Å². The highest BCUT2D eigenvalue weighted by molar-refractivity contribution is 5.87. The summed E-state index contributed by atoms with van der Waals surface area (Å²) in [6, 6.07) is 4.78. The Kier molecular flexibility index (Phi) is 5.62. The molecule has 6 nitrogen and oxygen atoms in total. The van der Waals surface area contributed by atoms with Crippen LogP contribution in [-0.2, 0) is 20.7 Å². The van der Waals surface area contributed by atoms with E-state index < -0.39 is 5.97 Å². The van der Waals surface area contributed by atoms with E-state index >= 15 is 0 Å². The van der Waals surface area contributed by atoms with Gasteiger partial charge in [0.05, 0.1) is 12.7 Å². The van der Waals surface area contributed by atoms with Crippen molar-refractivity contribution in [2.24, 2.45) is 0 Å². The smallest absolute Gasteiger partial charge is 0.310 e. The molecule has 2 aromatic rings. The molecule has 0 unspecified atom stereocenters. The van der Waals surface area contributed by atoms with E-state index in [1.54, 1.807) is 6.07 Å². The van der Waals surface area contributed by atoms with Gasteiger partial charge in [0.2, 0.25) is 0 Å². The molecule has 1 aromatic carbocycles. The van der Waals surface area contributed by atoms with Gasteiger partial charge in [-0.15, -0.1) is 0 Å². The van der Waals surface area contributed by atoms with Crippen molar-refractivity contribution in [1.82, 2.24) is 5.32 Å². The van der Waals surface area contributed by atoms with Gasteiger partial charge in [-0.3, -0.25) is 9.59 Å². The maximum atomic E-state index is 11.9. The summed E-state index contributed by atoms with van der Waals surface area (Å²) in [6.07, 6.45) is 3.14. The van der Waals surface area contributed by atoms with Crippen LogP contribution in [0, 0.1) is 0 Å². The maximum Gasteiger partial charge on any atom is 0.310 e. The Balaban J connectivity index is 1.88. The van der Waals surface area contributed by atoms with Crippen LogP contribution in [0.1, 0.15) is 32.3 Å². The fraction of sp³-hybridized carbons (Fsp3) is 0.412. The zero-order valence-corrected chi connectivity index (χ0v) is 13.3. The van der Waals surface area contributed by atoms with Gasteiger partial charge in [-0.05, 0) is 25.0 Å². The molecule has 1 heterocycles. The second-order valence-electron chi connectivity index (χ2n) is 5.36. The van der Waals surface area contributed by atoms with Crippen molar-refractivity contribution < 1.29 is 23.8 Å². The molecule has 1 aromatic heterocycles. The molecule has 6 heteroatoms. The molecule has 2 N–H and O–H groups in total. The molecule has 0 fully saturated rings. The summed E-state index contributed by atoms with van der Waals surface area (Å²) in [6.45, 7) is 3.69. The molecule has 0 atom stereocenters. The van der Waals surface area contributed by atoms with Crippen LogP contribution in [-0.4, -0.2) is 29.6 Å². The van der Waals surface area contributed by atoms with Crippen LogP contribution in [0.25, 0.3) is 11.0 Å². The Morgan fingerprint density at radius 2 is 2.04 bits per heavy atom. The van der Waals surface area contributed by atoms with Crippen LogP contribution in [0.3, 0.4) is 0 Å². The summed E-state index contributed by atoms with van der Waals surface area (Å²) < 4.78 is 10.3. The van der Waals surface area contributed by atoms with Crippen molar-refractivity contribution in [2.75, 3.05) is 6.61 Å². The molecule has 0 radical (unpaired) electrons. The second kappa shape index (κ2) is 7.67. The predicted molar refractivity (Wildman–Crippen MR) is 85.1 cm³/mol. The minimum absolute atomic E-state index is 0.00996. The van der Waals surface area contributed by atoms with E-state index in [1.807, 2.05) is 13.8 Å². The Labute approximate surface area is 134 Å². The number of benzene rings is 1. The summed E-state index contributed by atoms with van der Waals surface area (Å²) >= 11 is 0. The molecule has 2 rings (SSSR count). The number of nitrogens with one attached hydrogen (secondary N) is 1. The van der Waals surface area contributed by atoms with Gasteiger partial charge in [-0.25, -0.2) is 0 Å². The van der Waals surface area contributed by atoms with Crippen molar-refractivity contribution in [3.05, 3.63) is 30.0 Å². The first-order valence-electron chi connectivity index (χ1n) is 7.67. The first-order chi connectivity index (χ1) is 11.0. The number of furan rings is 1. The Hall–Kier alpha value is -2.50. The number of carbonyl (C=O) groups excluding carboxylic acids is 2. The molecular weight excluding hydrogens is 298 g/mol. The molecule has 124 valence electrons. The molecule has 0 aliphatic rings. The van der Waals surface area contributed by atoms with Gasteiger partial charge < -0.3 is 19.6 Å². The zero-order chi connectivity index (χ0) is 16.8. The van der Waals surface area contributed by atoms with Crippen molar-refractivity contribution >= 4 is 22.8 Å². The van der Waals surface area contributed by atoms with E-state index in [9.17, 15) is 14.7 Å². The average Bonchev–Trinajstić information content (AvgIpc) is 2.92. The standard InChI is InChI=1S/C17H21NO5/c1-3-12(4-2)18-16(20)10-23-17(21)7-11-9-22-15-8-13(19)5-6-14(11)15/h5-6,8-9,12,19H,3-4,7,10H2,1-2H3,(H,18,20). The molecular formula is C17H21NO5. The molecule has 23 heavy (non-hydrogen) atoms. The van der Waals surface area contributed by atoms with Crippen LogP contribution < -0.4 is 5.32 Å². The van der Waals surface area contributed by atoms with Crippen LogP contribution in [0.15, 0.2) is 28.9 Å². The maximum absolute atomic E-state index is 11.9. The highest BCUT2D eigenvalue weighted by atomic mass is 16.5. The van der Waals surface area contributed by atoms with Gasteiger partial charge in [0, 0.05) is 23.1 Å². The van der Waals surface area contributed by atoms with Gasteiger partial charge in [-0.1, -0.05) is 13.8 Å². The van der Waals surface area contributed by atoms with Gasteiger partial charge in [0.1, 0.15) is 11.3 Å². The third kappa shape index (κ3) is 4.48. The number of carbonyl (C=O) groups is 2. The second-order valence-corrected chi connectivity index (χ2v) is 5.36. The molecule has 0 aliphatic heterocycles. The third-order valence-electron chi connectivity index (χ3n) is 3.69. The fourth-order valence-corrected chi connectivity index (χ4v) is 2.32. The van der Waals surface area contributed by atoms with Crippen molar-refractivity contribution in [2.45, 2.75) is 39.2 Å². The lowest BCUT2D eigenvalue weighted by molar-refractivity contribution is -0.148. The largest absolute Gasteiger partial charge is 0.508 e. The summed E-state index contributed by atoms with van der Waals surface area (Å²) in [5.41, 5.74) is 1.16. The normalized spacial score (nSPS) is 10.9. The summed E-state index contributed by atoms with van der Waals surface area (Å²) in [4.78, 5) is 23.6. The lowest BCUT2D eigenvalue weighted by atomic mass is 10.1. The fourth-order valence-electron chi connectivity index (χ4n) is 2.32. The van der Waals surface area contributed by atoms with E-state index in [0.29, 0.717) is 11.1 Å². The number of amides is 1. The molecule has 0 saturated carbocycles. The topological polar surface area (TPSA) is 88.8 Å². The Bertz CT molecular complexity index is 687. The van der Waals surface area contributed by atoms with Gasteiger partial charge in [-0.2, -0.15) is 0 Å². The third-order valence-corrected chi connectivity index (χ3v) is 3.69. The van der Waals surface area contributed by atoms with Crippen molar-refractivity contribution in [3.63, 3.8) is 0 Å². The number of hydrogen-bond acceptors (Lipinski definition) is 5. The summed E-state index contributed by atoms with van der Waals surface area (Å²) in [5.74, 6) is -0.700. The minimum Gasteiger partial charge on any atom is -0.508 e. The summed E-state index contributed by atoms with van der Waals surface area (Å²) in [5, 5.41) is 12.9. The quantitative estimate of drug-likeness (QED) is 0.766. The van der Waals surface area contributed by atoms with Crippen LogP contribution >= 0.6 is 0 Å². The average molecular weight is 319 g/mol. The molecule has 1 amide bonds. The predicted octanol–water partition coefficient (Wildman–Crippen LogP) is 2.53. The molecule has 0 bridgehead atoms. The van der Waals surface area contributed by atoms with E-state index in [-0.39, 0.29) is 30.7 Å². The van der Waals surface area contributed by atoms with E-state index in [1.165, 1.54) is 18.4 Å². The number of phenolic OH excluding ortho intramolecular Hbond substituents is 1. The molecule has 0 saturated heterocycles. The van der Waals surface area contributed by atoms with Crippen LogP contribution in [0.5, 0.6) is 5.75 Å². The monoisotopic (exact) mass is 319 g/mol. The van der Waals surface area contributed by atoms with E-state index in [4.69, 9.17) is 9.15 Å². The first kappa shape index (κ1) is 16.9. The highest BCUT2D eigenvalue weighted by Crippen LogP contribution is 2.25. The number of fused-ring (bicyclic) bond motifs is 1. The lowest BCUT2D eigenvalue weighted by Gasteiger charge is -2.14. The number of phenols is 1. The number of ether oxygens (including phenoxy) is 1. The lowest BCUT2D eigenvalue weighted by Crippen LogP contribution is -2.37. The number of rotatable bonds is 7. The van der Waals surface area contributed by atoms with Crippen LogP contribution in [0.4, 0.5) is 0 Å². The highest BCUT2D eigenvalue weighted by Gasteiger charge is 2.14. The van der Waals surface area contributed by atoms with E-state index in [0.717, 1.165) is 18.2 Å². The number of hydrogen-bond donors (Lipinski definition) is 2. The van der Waals surface area contributed by atoms with Crippen molar-refractivity contribution in [1.29, 1.82) is 0 Å².